The zero-order valence-corrected chi connectivity index (χ0v) is 8.37. The predicted molar refractivity (Wildman–Crippen MR) is 50.7 cm³/mol. The van der Waals surface area contributed by atoms with Crippen LogP contribution in [0.25, 0.3) is 0 Å². The van der Waals surface area contributed by atoms with Crippen molar-refractivity contribution < 1.29 is 29.6 Å². The van der Waals surface area contributed by atoms with E-state index < -0.39 is 35.7 Å². The molecule has 2 rings (SSSR count). The number of fused-ring (bicyclic) bond motifs is 2. The molecule has 1 aliphatic heterocycles. The molecule has 2 bridgehead atoms. The molecule has 88 valence electrons. The van der Waals surface area contributed by atoms with Crippen LogP contribution in [0.15, 0.2) is 12.2 Å². The van der Waals surface area contributed by atoms with Crippen molar-refractivity contribution in [2.45, 2.75) is 31.2 Å². The van der Waals surface area contributed by atoms with Crippen LogP contribution in [0.3, 0.4) is 0 Å². The lowest BCUT2D eigenvalue weighted by Crippen LogP contribution is -2.52. The molecule has 1 fully saturated rings. The summed E-state index contributed by atoms with van der Waals surface area (Å²) in [6.07, 6.45) is -0.101. The monoisotopic (exact) mass is 228 g/mol. The van der Waals surface area contributed by atoms with Crippen LogP contribution in [-0.2, 0) is 14.3 Å². The number of aliphatic carboxylic acids is 2. The molecular formula is C10H12O6. The van der Waals surface area contributed by atoms with Crippen molar-refractivity contribution in [3.05, 3.63) is 12.2 Å². The summed E-state index contributed by atoms with van der Waals surface area (Å²) < 4.78 is 5.14. The van der Waals surface area contributed by atoms with E-state index in [0.717, 1.165) is 0 Å². The minimum atomic E-state index is -1.22. The molecule has 1 unspecified atom stereocenters. The first-order valence-electron chi connectivity index (χ1n) is 4.94. The second-order valence-corrected chi connectivity index (χ2v) is 4.22. The summed E-state index contributed by atoms with van der Waals surface area (Å²) >= 11 is 0. The van der Waals surface area contributed by atoms with Gasteiger partial charge in [-0.05, 0) is 6.42 Å². The van der Waals surface area contributed by atoms with Gasteiger partial charge in [-0.1, -0.05) is 12.2 Å². The average Bonchev–Trinajstić information content (AvgIpc) is 2.23. The molecule has 0 spiro atoms. The molecule has 0 aromatic heterocycles. The zero-order valence-electron chi connectivity index (χ0n) is 8.37. The summed E-state index contributed by atoms with van der Waals surface area (Å²) in [5.41, 5.74) is -1.22. The van der Waals surface area contributed by atoms with Gasteiger partial charge >= 0.3 is 11.9 Å². The number of aliphatic hydroxyl groups excluding tert-OH is 1. The van der Waals surface area contributed by atoms with Crippen LogP contribution in [0, 0.1) is 5.41 Å². The minimum absolute atomic E-state index is 0.0998. The lowest BCUT2D eigenvalue weighted by molar-refractivity contribution is -0.183. The van der Waals surface area contributed by atoms with Crippen molar-refractivity contribution in [1.82, 2.24) is 0 Å². The van der Waals surface area contributed by atoms with Gasteiger partial charge in [-0.3, -0.25) is 4.79 Å². The quantitative estimate of drug-likeness (QED) is 0.556. The van der Waals surface area contributed by atoms with Crippen molar-refractivity contribution in [3.63, 3.8) is 0 Å². The Morgan fingerprint density at radius 2 is 2.00 bits per heavy atom. The van der Waals surface area contributed by atoms with Gasteiger partial charge in [0.2, 0.25) is 0 Å². The van der Waals surface area contributed by atoms with Gasteiger partial charge in [0.25, 0.3) is 0 Å². The van der Waals surface area contributed by atoms with Gasteiger partial charge in [0.05, 0.1) is 17.6 Å². The van der Waals surface area contributed by atoms with E-state index in [1.165, 1.54) is 12.2 Å². The van der Waals surface area contributed by atoms with Gasteiger partial charge in [-0.25, -0.2) is 4.79 Å². The fraction of sp³-hybridized carbons (Fsp3) is 0.600. The van der Waals surface area contributed by atoms with Crippen LogP contribution in [0.4, 0.5) is 0 Å². The fourth-order valence-electron chi connectivity index (χ4n) is 2.22. The highest BCUT2D eigenvalue weighted by Crippen LogP contribution is 2.42. The fourth-order valence-corrected chi connectivity index (χ4v) is 2.22. The SMILES string of the molecule is O=C(O)[C@H]1C[C@]2(C(=O)O)C=C[C@@H](O)C(C2)O1. The van der Waals surface area contributed by atoms with Gasteiger partial charge in [-0.2, -0.15) is 0 Å². The number of carboxylic acids is 2. The second kappa shape index (κ2) is 3.57. The van der Waals surface area contributed by atoms with Crippen LogP contribution in [0.1, 0.15) is 12.8 Å². The van der Waals surface area contributed by atoms with E-state index in [1.807, 2.05) is 0 Å². The molecule has 1 heterocycles. The standard InChI is InChI=1S/C10H12O6/c11-5-1-2-10(9(14)15)3-6(5)16-7(4-10)8(12)13/h1-2,5-7,11H,3-4H2,(H,12,13)(H,14,15)/t5-,6?,7-,10+/m1/s1. The normalized spacial score (nSPS) is 41.7. The largest absolute Gasteiger partial charge is 0.481 e. The van der Waals surface area contributed by atoms with Crippen LogP contribution in [0.5, 0.6) is 0 Å². The third kappa shape index (κ3) is 1.60. The summed E-state index contributed by atoms with van der Waals surface area (Å²) in [5.74, 6) is -2.27. The van der Waals surface area contributed by atoms with Crippen molar-refractivity contribution in [2.75, 3.05) is 0 Å². The Bertz CT molecular complexity index is 362. The van der Waals surface area contributed by atoms with Crippen LogP contribution < -0.4 is 0 Å². The molecule has 16 heavy (non-hydrogen) atoms. The number of aliphatic hydroxyl groups is 1. The predicted octanol–water partition coefficient (Wildman–Crippen LogP) is -0.380. The van der Waals surface area contributed by atoms with Crippen LogP contribution in [-0.4, -0.2) is 45.6 Å². The smallest absolute Gasteiger partial charge is 0.332 e. The maximum absolute atomic E-state index is 11.2. The zero-order chi connectivity index (χ0) is 11.9. The molecule has 6 heteroatoms. The van der Waals surface area contributed by atoms with Gasteiger partial charge in [0, 0.05) is 6.42 Å². The molecule has 3 N–H and O–H groups in total. The molecular weight excluding hydrogens is 216 g/mol. The highest BCUT2D eigenvalue weighted by atomic mass is 16.5. The number of ether oxygens (including phenoxy) is 1. The Morgan fingerprint density at radius 1 is 1.31 bits per heavy atom. The topological polar surface area (TPSA) is 104 Å². The third-order valence-corrected chi connectivity index (χ3v) is 3.15. The first-order valence-corrected chi connectivity index (χ1v) is 4.94. The highest BCUT2D eigenvalue weighted by Gasteiger charge is 2.51. The van der Waals surface area contributed by atoms with E-state index in [9.17, 15) is 14.7 Å². The molecule has 0 aromatic carbocycles. The summed E-state index contributed by atoms with van der Waals surface area (Å²) in [4.78, 5) is 22.0. The molecule has 2 aliphatic rings. The van der Waals surface area contributed by atoms with E-state index in [-0.39, 0.29) is 12.8 Å². The van der Waals surface area contributed by atoms with Gasteiger partial charge in [0.1, 0.15) is 0 Å². The number of carboxylic acid groups (broad SMARTS) is 2. The number of carbonyl (C=O) groups is 2. The summed E-state index contributed by atoms with van der Waals surface area (Å²) in [6, 6.07) is 0. The van der Waals surface area contributed by atoms with Crippen LogP contribution in [0.2, 0.25) is 0 Å². The molecule has 6 nitrogen and oxygen atoms in total. The van der Waals surface area contributed by atoms with E-state index >= 15 is 0 Å². The first kappa shape index (κ1) is 11.1. The molecule has 4 atom stereocenters. The van der Waals surface area contributed by atoms with E-state index in [1.54, 1.807) is 0 Å². The Balaban J connectivity index is 2.34. The van der Waals surface area contributed by atoms with E-state index in [2.05, 4.69) is 0 Å². The van der Waals surface area contributed by atoms with Crippen molar-refractivity contribution in [1.29, 1.82) is 0 Å². The molecule has 1 aliphatic carbocycles. The molecule has 0 aromatic rings. The lowest BCUT2D eigenvalue weighted by Gasteiger charge is -2.42. The lowest BCUT2D eigenvalue weighted by atomic mass is 9.71. The van der Waals surface area contributed by atoms with E-state index in [0.29, 0.717) is 0 Å². The second-order valence-electron chi connectivity index (χ2n) is 4.22. The molecule has 0 saturated carbocycles. The van der Waals surface area contributed by atoms with Gasteiger partial charge < -0.3 is 20.1 Å². The average molecular weight is 228 g/mol. The minimum Gasteiger partial charge on any atom is -0.481 e. The summed E-state index contributed by atoms with van der Waals surface area (Å²) in [7, 11) is 0. The maximum Gasteiger partial charge on any atom is 0.332 e. The Kier molecular flexibility index (Phi) is 2.47. The number of hydrogen-bond acceptors (Lipinski definition) is 4. The molecule has 0 amide bonds. The summed E-state index contributed by atoms with van der Waals surface area (Å²) in [5, 5.41) is 27.5. The number of rotatable bonds is 2. The molecule has 0 radical (unpaired) electrons. The Labute approximate surface area is 91.1 Å². The van der Waals surface area contributed by atoms with Crippen LogP contribution >= 0.6 is 0 Å². The third-order valence-electron chi connectivity index (χ3n) is 3.15. The maximum atomic E-state index is 11.2. The van der Waals surface area contributed by atoms with Crippen molar-refractivity contribution in [2.24, 2.45) is 5.41 Å². The van der Waals surface area contributed by atoms with Crippen molar-refractivity contribution >= 4 is 11.9 Å². The first-order chi connectivity index (χ1) is 7.44. The van der Waals surface area contributed by atoms with Gasteiger partial charge in [-0.15, -0.1) is 0 Å². The Hall–Kier alpha value is -1.40. The highest BCUT2D eigenvalue weighted by molar-refractivity contribution is 5.80. The molecule has 1 saturated heterocycles. The Morgan fingerprint density at radius 3 is 2.56 bits per heavy atom. The van der Waals surface area contributed by atoms with Crippen molar-refractivity contribution in [3.8, 4) is 0 Å². The van der Waals surface area contributed by atoms with Gasteiger partial charge in [0.15, 0.2) is 6.10 Å². The summed E-state index contributed by atoms with van der Waals surface area (Å²) in [6.45, 7) is 0. The van der Waals surface area contributed by atoms with E-state index in [4.69, 9.17) is 14.9 Å². The number of hydrogen-bond donors (Lipinski definition) is 3.